The summed E-state index contributed by atoms with van der Waals surface area (Å²) in [4.78, 5) is 28.0. The van der Waals surface area contributed by atoms with Crippen LogP contribution >= 0.6 is 11.6 Å². The van der Waals surface area contributed by atoms with Crippen molar-refractivity contribution in [2.45, 2.75) is 32.9 Å². The second-order valence-electron chi connectivity index (χ2n) is 5.19. The Morgan fingerprint density at radius 2 is 2.04 bits per heavy atom. The minimum atomic E-state index is -0.542. The maximum atomic E-state index is 12.2. The van der Waals surface area contributed by atoms with E-state index in [2.05, 4.69) is 15.4 Å². The van der Waals surface area contributed by atoms with Crippen LogP contribution in [0.4, 0.5) is 5.69 Å². The Morgan fingerprint density at radius 1 is 1.30 bits per heavy atom. The second kappa shape index (κ2) is 7.23. The number of carbonyl (C=O) groups is 2. The molecular weight excluding hydrogens is 320 g/mol. The van der Waals surface area contributed by atoms with Gasteiger partial charge in [-0.25, -0.2) is 14.5 Å². The van der Waals surface area contributed by atoms with Crippen molar-refractivity contribution in [2.24, 2.45) is 0 Å². The van der Waals surface area contributed by atoms with Crippen LogP contribution in [0.5, 0.6) is 0 Å². The molecule has 1 N–H and O–H groups in total. The van der Waals surface area contributed by atoms with Crippen LogP contribution in [0, 0.1) is 0 Å². The fraction of sp³-hybridized carbons (Fsp3) is 0.333. The van der Waals surface area contributed by atoms with Crippen LogP contribution in [0.25, 0.3) is 0 Å². The van der Waals surface area contributed by atoms with Gasteiger partial charge in [0.2, 0.25) is 5.91 Å². The molecule has 1 atom stereocenters. The van der Waals surface area contributed by atoms with Crippen molar-refractivity contribution in [1.29, 1.82) is 0 Å². The van der Waals surface area contributed by atoms with E-state index in [4.69, 9.17) is 16.3 Å². The van der Waals surface area contributed by atoms with Crippen molar-refractivity contribution in [1.82, 2.24) is 14.8 Å². The van der Waals surface area contributed by atoms with Gasteiger partial charge in [-0.15, -0.1) is 0 Å². The van der Waals surface area contributed by atoms with Gasteiger partial charge in [-0.3, -0.25) is 4.79 Å². The van der Waals surface area contributed by atoms with Crippen LogP contribution in [0.1, 0.15) is 37.2 Å². The summed E-state index contributed by atoms with van der Waals surface area (Å²) in [5.74, 6) is -0.827. The molecule has 1 amide bonds. The van der Waals surface area contributed by atoms with Crippen LogP contribution in [0.15, 0.2) is 30.9 Å². The fourth-order valence-corrected chi connectivity index (χ4v) is 2.02. The predicted molar refractivity (Wildman–Crippen MR) is 85.4 cm³/mol. The third kappa shape index (κ3) is 4.29. The largest absolute Gasteiger partial charge is 0.459 e. The van der Waals surface area contributed by atoms with E-state index in [0.29, 0.717) is 5.69 Å². The Labute approximate surface area is 138 Å². The first kappa shape index (κ1) is 17.0. The second-order valence-corrected chi connectivity index (χ2v) is 5.60. The van der Waals surface area contributed by atoms with Crippen LogP contribution in [0.3, 0.4) is 0 Å². The van der Waals surface area contributed by atoms with Crippen LogP contribution in [-0.4, -0.2) is 32.7 Å². The maximum absolute atomic E-state index is 12.2. The van der Waals surface area contributed by atoms with E-state index in [0.717, 1.165) is 0 Å². The van der Waals surface area contributed by atoms with E-state index in [1.165, 1.54) is 29.5 Å². The first-order chi connectivity index (χ1) is 10.9. The molecule has 0 radical (unpaired) electrons. The van der Waals surface area contributed by atoms with Crippen molar-refractivity contribution in [3.05, 3.63) is 41.4 Å². The van der Waals surface area contributed by atoms with Gasteiger partial charge in [0.1, 0.15) is 18.7 Å². The highest BCUT2D eigenvalue weighted by molar-refractivity contribution is 6.33. The van der Waals surface area contributed by atoms with Crippen molar-refractivity contribution >= 4 is 29.2 Å². The number of hydrogen-bond donors (Lipinski definition) is 1. The van der Waals surface area contributed by atoms with Gasteiger partial charge in [0.05, 0.1) is 16.7 Å². The highest BCUT2D eigenvalue weighted by Crippen LogP contribution is 2.22. The molecule has 0 spiro atoms. The first-order valence-corrected chi connectivity index (χ1v) is 7.41. The van der Waals surface area contributed by atoms with Crippen molar-refractivity contribution in [3.8, 4) is 0 Å². The Balaban J connectivity index is 2.14. The molecule has 0 saturated heterocycles. The van der Waals surface area contributed by atoms with E-state index in [1.807, 2.05) is 0 Å². The average Bonchev–Trinajstić information content (AvgIpc) is 3.01. The summed E-state index contributed by atoms with van der Waals surface area (Å²) >= 11 is 6.02. The highest BCUT2D eigenvalue weighted by atomic mass is 35.5. The molecule has 23 heavy (non-hydrogen) atoms. The molecule has 2 aromatic rings. The molecule has 0 unspecified atom stereocenters. The number of rotatable bonds is 5. The Kier molecular flexibility index (Phi) is 5.33. The maximum Gasteiger partial charge on any atom is 0.339 e. The van der Waals surface area contributed by atoms with Gasteiger partial charge in [0.15, 0.2) is 0 Å². The average molecular weight is 337 g/mol. The van der Waals surface area contributed by atoms with E-state index in [9.17, 15) is 9.59 Å². The summed E-state index contributed by atoms with van der Waals surface area (Å²) in [7, 11) is 0. The number of hydrogen-bond acceptors (Lipinski definition) is 5. The summed E-state index contributed by atoms with van der Waals surface area (Å²) < 4.78 is 6.55. The van der Waals surface area contributed by atoms with Gasteiger partial charge in [0, 0.05) is 5.69 Å². The number of anilines is 1. The van der Waals surface area contributed by atoms with E-state index >= 15 is 0 Å². The number of amides is 1. The topological polar surface area (TPSA) is 86.1 Å². The zero-order valence-corrected chi connectivity index (χ0v) is 13.7. The zero-order valence-electron chi connectivity index (χ0n) is 13.0. The minimum Gasteiger partial charge on any atom is -0.459 e. The molecule has 122 valence electrons. The number of carbonyl (C=O) groups excluding carboxylic acids is 2. The lowest BCUT2D eigenvalue weighted by Gasteiger charge is -2.14. The van der Waals surface area contributed by atoms with E-state index in [1.54, 1.807) is 26.8 Å². The van der Waals surface area contributed by atoms with E-state index in [-0.39, 0.29) is 22.6 Å². The molecule has 0 fully saturated rings. The van der Waals surface area contributed by atoms with Gasteiger partial charge >= 0.3 is 5.97 Å². The third-order valence-corrected chi connectivity index (χ3v) is 3.34. The molecule has 8 heteroatoms. The minimum absolute atomic E-state index is 0.201. The first-order valence-electron chi connectivity index (χ1n) is 7.04. The molecule has 1 aromatic heterocycles. The monoisotopic (exact) mass is 336 g/mol. The molecule has 1 aromatic carbocycles. The van der Waals surface area contributed by atoms with Gasteiger partial charge in [0.25, 0.3) is 0 Å². The summed E-state index contributed by atoms with van der Waals surface area (Å²) in [6, 6.07) is 4.09. The van der Waals surface area contributed by atoms with Crippen LogP contribution in [-0.2, 0) is 9.53 Å². The third-order valence-electron chi connectivity index (χ3n) is 3.01. The SMILES string of the molecule is CC(C)OC(=O)c1cc(NC(=O)[C@@H](C)n2cncn2)ccc1Cl. The van der Waals surface area contributed by atoms with Crippen LogP contribution < -0.4 is 5.32 Å². The number of nitrogens with one attached hydrogen (secondary N) is 1. The molecule has 2 rings (SSSR count). The normalized spacial score (nSPS) is 12.0. The Morgan fingerprint density at radius 3 is 2.65 bits per heavy atom. The summed E-state index contributed by atoms with van der Waals surface area (Å²) in [5, 5.41) is 6.89. The van der Waals surface area contributed by atoms with Gasteiger partial charge in [-0.1, -0.05) is 11.6 Å². The molecule has 0 aliphatic carbocycles. The summed E-state index contributed by atoms with van der Waals surface area (Å²) in [5.41, 5.74) is 0.647. The standard InChI is InChI=1S/C15H17ClN4O3/c1-9(2)23-15(22)12-6-11(4-5-13(12)16)19-14(21)10(3)20-8-17-7-18-20/h4-10H,1-3H3,(H,19,21)/t10-/m1/s1. The fourth-order valence-electron chi connectivity index (χ4n) is 1.82. The predicted octanol–water partition coefficient (Wildman–Crippen LogP) is 2.70. The smallest absolute Gasteiger partial charge is 0.339 e. The summed E-state index contributed by atoms with van der Waals surface area (Å²) in [6.07, 6.45) is 2.55. The lowest BCUT2D eigenvalue weighted by Crippen LogP contribution is -2.24. The lowest BCUT2D eigenvalue weighted by molar-refractivity contribution is -0.119. The number of esters is 1. The number of benzene rings is 1. The molecule has 0 aliphatic heterocycles. The lowest BCUT2D eigenvalue weighted by atomic mass is 10.2. The number of aromatic nitrogens is 3. The van der Waals surface area contributed by atoms with Gasteiger partial charge < -0.3 is 10.1 Å². The van der Waals surface area contributed by atoms with Crippen molar-refractivity contribution in [2.75, 3.05) is 5.32 Å². The number of halogens is 1. The number of nitrogens with zero attached hydrogens (tertiary/aromatic N) is 3. The Hall–Kier alpha value is -2.41. The highest BCUT2D eigenvalue weighted by Gasteiger charge is 2.18. The van der Waals surface area contributed by atoms with Crippen LogP contribution in [0.2, 0.25) is 5.02 Å². The molecule has 0 aliphatic rings. The number of ether oxygens (including phenoxy) is 1. The van der Waals surface area contributed by atoms with Gasteiger partial charge in [-0.2, -0.15) is 5.10 Å². The molecule has 7 nitrogen and oxygen atoms in total. The van der Waals surface area contributed by atoms with Crippen molar-refractivity contribution in [3.63, 3.8) is 0 Å². The van der Waals surface area contributed by atoms with E-state index < -0.39 is 12.0 Å². The quantitative estimate of drug-likeness (QED) is 0.848. The molecule has 1 heterocycles. The molecule has 0 bridgehead atoms. The molecule has 0 saturated carbocycles. The zero-order chi connectivity index (χ0) is 17.0. The van der Waals surface area contributed by atoms with Gasteiger partial charge in [-0.05, 0) is 39.0 Å². The van der Waals surface area contributed by atoms with Crippen molar-refractivity contribution < 1.29 is 14.3 Å². The molecular formula is C15H17ClN4O3. The summed E-state index contributed by atoms with van der Waals surface area (Å²) in [6.45, 7) is 5.18. The Bertz CT molecular complexity index is 701.